The highest BCUT2D eigenvalue weighted by Crippen LogP contribution is 2.33. The van der Waals surface area contributed by atoms with Crippen molar-refractivity contribution in [3.05, 3.63) is 46.7 Å². The van der Waals surface area contributed by atoms with Gasteiger partial charge < -0.3 is 10.1 Å². The lowest BCUT2D eigenvalue weighted by Crippen LogP contribution is -1.91. The number of nitrogens with zero attached hydrogens (tertiary/aromatic N) is 1. The molecule has 0 fully saturated rings. The van der Waals surface area contributed by atoms with Gasteiger partial charge in [-0.15, -0.1) is 0 Å². The summed E-state index contributed by atoms with van der Waals surface area (Å²) in [6, 6.07) is 10.3. The van der Waals surface area contributed by atoms with E-state index in [1.54, 1.807) is 6.07 Å². The molecular weight excluding hydrogens is 355 g/mol. The van der Waals surface area contributed by atoms with Gasteiger partial charge >= 0.3 is 0 Å². The van der Waals surface area contributed by atoms with Crippen molar-refractivity contribution in [2.45, 2.75) is 6.92 Å². The van der Waals surface area contributed by atoms with Crippen molar-refractivity contribution in [2.24, 2.45) is 0 Å². The Morgan fingerprint density at radius 3 is 2.95 bits per heavy atom. The Bertz CT molecular complexity index is 790. The van der Waals surface area contributed by atoms with Crippen molar-refractivity contribution < 1.29 is 9.13 Å². The lowest BCUT2D eigenvalue weighted by Gasteiger charge is -2.04. The minimum Gasteiger partial charge on any atom is -0.494 e. The molecule has 0 spiro atoms. The van der Waals surface area contributed by atoms with E-state index in [4.69, 9.17) is 4.74 Å². The molecule has 0 aliphatic heterocycles. The number of fused-ring (bicyclic) bond motifs is 1. The number of nitrogens with one attached hydrogen (secondary N) is 1. The summed E-state index contributed by atoms with van der Waals surface area (Å²) in [5.74, 6) is 0.535. The van der Waals surface area contributed by atoms with E-state index in [9.17, 15) is 4.39 Å². The molecule has 3 nitrogen and oxygen atoms in total. The fourth-order valence-corrected chi connectivity index (χ4v) is 3.18. The van der Waals surface area contributed by atoms with Crippen molar-refractivity contribution in [3.63, 3.8) is 0 Å². The average Bonchev–Trinajstić information content (AvgIpc) is 2.85. The van der Waals surface area contributed by atoms with Crippen molar-refractivity contribution >= 4 is 48.3 Å². The molecule has 0 amide bonds. The van der Waals surface area contributed by atoms with Crippen molar-refractivity contribution in [2.75, 3.05) is 11.9 Å². The fourth-order valence-electron chi connectivity index (χ4n) is 1.92. The number of hydrogen-bond donors (Lipinski definition) is 1. The van der Waals surface area contributed by atoms with Gasteiger partial charge in [-0.2, -0.15) is 0 Å². The van der Waals surface area contributed by atoms with Crippen LogP contribution in [0.15, 0.2) is 40.9 Å². The molecule has 108 valence electrons. The predicted octanol–water partition coefficient (Wildman–Crippen LogP) is 5.34. The molecule has 0 saturated heterocycles. The standard InChI is InChI=1S/C15H12BrFN2OS/c1-2-20-10-4-6-12-14(8-10)21-15(18-12)19-13-7-9(17)3-5-11(13)16/h3-8H,2H2,1H3,(H,18,19). The molecule has 0 atom stereocenters. The van der Waals surface area contributed by atoms with Crippen LogP contribution in [0.25, 0.3) is 10.2 Å². The molecule has 1 N–H and O–H groups in total. The summed E-state index contributed by atoms with van der Waals surface area (Å²) >= 11 is 4.89. The lowest BCUT2D eigenvalue weighted by molar-refractivity contribution is 0.341. The van der Waals surface area contributed by atoms with Gasteiger partial charge in [-0.05, 0) is 59.3 Å². The first kappa shape index (κ1) is 14.3. The Kier molecular flexibility index (Phi) is 4.07. The van der Waals surface area contributed by atoms with E-state index < -0.39 is 0 Å². The lowest BCUT2D eigenvalue weighted by atomic mass is 10.3. The highest BCUT2D eigenvalue weighted by molar-refractivity contribution is 9.10. The number of hydrogen-bond acceptors (Lipinski definition) is 4. The molecule has 3 rings (SSSR count). The van der Waals surface area contributed by atoms with Gasteiger partial charge in [-0.1, -0.05) is 11.3 Å². The first-order chi connectivity index (χ1) is 10.2. The molecule has 0 bridgehead atoms. The highest BCUT2D eigenvalue weighted by Gasteiger charge is 2.08. The molecule has 0 saturated carbocycles. The summed E-state index contributed by atoms with van der Waals surface area (Å²) in [4.78, 5) is 4.49. The second-order valence-corrected chi connectivity index (χ2v) is 6.22. The van der Waals surface area contributed by atoms with Crippen LogP contribution in [0.4, 0.5) is 15.2 Å². The molecule has 1 aromatic heterocycles. The van der Waals surface area contributed by atoms with E-state index in [-0.39, 0.29) is 5.82 Å². The molecule has 1 heterocycles. The molecule has 0 aliphatic rings. The second kappa shape index (κ2) is 5.99. The van der Waals surface area contributed by atoms with Crippen LogP contribution >= 0.6 is 27.3 Å². The Hall–Kier alpha value is -1.66. The van der Waals surface area contributed by atoms with Gasteiger partial charge in [0.2, 0.25) is 0 Å². The van der Waals surface area contributed by atoms with Crippen LogP contribution in [-0.2, 0) is 0 Å². The van der Waals surface area contributed by atoms with Crippen molar-refractivity contribution in [3.8, 4) is 5.75 Å². The third-order valence-electron chi connectivity index (χ3n) is 2.84. The molecular formula is C15H12BrFN2OS. The third-order valence-corrected chi connectivity index (χ3v) is 4.47. The number of ether oxygens (including phenoxy) is 1. The van der Waals surface area contributed by atoms with Crippen LogP contribution in [0.1, 0.15) is 6.92 Å². The Balaban J connectivity index is 1.92. The zero-order chi connectivity index (χ0) is 14.8. The van der Waals surface area contributed by atoms with Crippen molar-refractivity contribution in [1.82, 2.24) is 4.98 Å². The van der Waals surface area contributed by atoms with E-state index in [1.165, 1.54) is 23.5 Å². The van der Waals surface area contributed by atoms with E-state index in [0.29, 0.717) is 17.4 Å². The summed E-state index contributed by atoms with van der Waals surface area (Å²) < 4.78 is 20.6. The maximum Gasteiger partial charge on any atom is 0.188 e. The average molecular weight is 367 g/mol. The number of thiazole rings is 1. The van der Waals surface area contributed by atoms with E-state index in [0.717, 1.165) is 20.4 Å². The minimum absolute atomic E-state index is 0.291. The molecule has 3 aromatic rings. The summed E-state index contributed by atoms with van der Waals surface area (Å²) in [6.07, 6.45) is 0. The predicted molar refractivity (Wildman–Crippen MR) is 88.2 cm³/mol. The van der Waals surface area contributed by atoms with Gasteiger partial charge in [0.1, 0.15) is 11.6 Å². The number of halogens is 2. The van der Waals surface area contributed by atoms with Gasteiger partial charge in [-0.3, -0.25) is 0 Å². The van der Waals surface area contributed by atoms with Crippen LogP contribution in [0.2, 0.25) is 0 Å². The first-order valence-electron chi connectivity index (χ1n) is 6.41. The van der Waals surface area contributed by atoms with Crippen LogP contribution < -0.4 is 10.1 Å². The third kappa shape index (κ3) is 3.16. The smallest absolute Gasteiger partial charge is 0.188 e. The van der Waals surface area contributed by atoms with Gasteiger partial charge in [-0.25, -0.2) is 9.37 Å². The minimum atomic E-state index is -0.291. The number of aromatic nitrogens is 1. The summed E-state index contributed by atoms with van der Waals surface area (Å²) in [5, 5.41) is 3.85. The number of rotatable bonds is 4. The van der Waals surface area contributed by atoms with Crippen LogP contribution in [0.3, 0.4) is 0 Å². The summed E-state index contributed by atoms with van der Waals surface area (Å²) in [6.45, 7) is 2.58. The summed E-state index contributed by atoms with van der Waals surface area (Å²) in [7, 11) is 0. The number of anilines is 2. The highest BCUT2D eigenvalue weighted by atomic mass is 79.9. The monoisotopic (exact) mass is 366 g/mol. The topological polar surface area (TPSA) is 34.1 Å². The molecule has 6 heteroatoms. The Labute approximate surface area is 133 Å². The number of benzene rings is 2. The van der Waals surface area contributed by atoms with Crippen molar-refractivity contribution in [1.29, 1.82) is 0 Å². The molecule has 2 aromatic carbocycles. The van der Waals surface area contributed by atoms with Gasteiger partial charge in [0, 0.05) is 4.47 Å². The van der Waals surface area contributed by atoms with Gasteiger partial charge in [0.05, 0.1) is 22.5 Å². The maximum atomic E-state index is 13.3. The molecule has 0 radical (unpaired) electrons. The normalized spacial score (nSPS) is 10.8. The van der Waals surface area contributed by atoms with Crippen LogP contribution in [0, 0.1) is 5.82 Å². The maximum absolute atomic E-state index is 13.3. The summed E-state index contributed by atoms with van der Waals surface area (Å²) in [5.41, 5.74) is 1.54. The molecule has 21 heavy (non-hydrogen) atoms. The van der Waals surface area contributed by atoms with Crippen LogP contribution in [0.5, 0.6) is 5.75 Å². The molecule has 0 unspecified atom stereocenters. The second-order valence-electron chi connectivity index (χ2n) is 4.33. The van der Waals surface area contributed by atoms with Gasteiger partial charge in [0.25, 0.3) is 0 Å². The van der Waals surface area contributed by atoms with E-state index >= 15 is 0 Å². The van der Waals surface area contributed by atoms with Crippen LogP contribution in [-0.4, -0.2) is 11.6 Å². The van der Waals surface area contributed by atoms with E-state index in [1.807, 2.05) is 25.1 Å². The Morgan fingerprint density at radius 1 is 1.29 bits per heavy atom. The Morgan fingerprint density at radius 2 is 2.14 bits per heavy atom. The SMILES string of the molecule is CCOc1ccc2nc(Nc3cc(F)ccc3Br)sc2c1. The zero-order valence-electron chi connectivity index (χ0n) is 11.2. The van der Waals surface area contributed by atoms with E-state index in [2.05, 4.69) is 26.2 Å². The molecule has 0 aliphatic carbocycles. The van der Waals surface area contributed by atoms with Gasteiger partial charge in [0.15, 0.2) is 5.13 Å². The largest absolute Gasteiger partial charge is 0.494 e. The fraction of sp³-hybridized carbons (Fsp3) is 0.133. The first-order valence-corrected chi connectivity index (χ1v) is 8.02. The zero-order valence-corrected chi connectivity index (χ0v) is 13.6. The quantitative estimate of drug-likeness (QED) is 0.676.